The van der Waals surface area contributed by atoms with Crippen molar-refractivity contribution in [3.05, 3.63) is 48.9 Å². The standard InChI is InChI=1S/C12H12N2O2/c1-3-10(2)16-12(15)9-13-14-11-7-5-4-6-8-11/h3-8,10H,1H2,2H3/t10-/m0/s1. The number of rotatable bonds is 4. The first kappa shape index (κ1) is 11.8. The fourth-order valence-corrected chi connectivity index (χ4v) is 0.862. The molecule has 0 radical (unpaired) electrons. The van der Waals surface area contributed by atoms with E-state index in [0.717, 1.165) is 0 Å². The summed E-state index contributed by atoms with van der Waals surface area (Å²) >= 11 is 0. The first-order chi connectivity index (χ1) is 7.72. The van der Waals surface area contributed by atoms with E-state index < -0.39 is 5.95 Å². The Morgan fingerprint density at radius 2 is 2.25 bits per heavy atom. The third-order valence-corrected chi connectivity index (χ3v) is 1.69. The van der Waals surface area contributed by atoms with E-state index in [1.807, 2.05) is 18.2 Å². The fraction of sp³-hybridized carbons (Fsp3) is 0.167. The van der Waals surface area contributed by atoms with E-state index in [2.05, 4.69) is 22.4 Å². The van der Waals surface area contributed by atoms with Gasteiger partial charge in [0.25, 0.3) is 0 Å². The predicted octanol–water partition coefficient (Wildman–Crippen LogP) is 1.44. The van der Waals surface area contributed by atoms with Gasteiger partial charge in [0.05, 0.1) is 0 Å². The molecule has 16 heavy (non-hydrogen) atoms. The number of hydrogen-bond donors (Lipinski definition) is 0. The van der Waals surface area contributed by atoms with E-state index in [9.17, 15) is 5.11 Å². The summed E-state index contributed by atoms with van der Waals surface area (Å²) in [5.41, 5.74) is 0.652. The van der Waals surface area contributed by atoms with Gasteiger partial charge in [-0.25, -0.2) is 0 Å². The predicted molar refractivity (Wildman–Crippen MR) is 58.1 cm³/mol. The largest absolute Gasteiger partial charge is 0.596 e. The van der Waals surface area contributed by atoms with Crippen molar-refractivity contribution in [3.63, 3.8) is 0 Å². The summed E-state index contributed by atoms with van der Waals surface area (Å²) in [5, 5.41) is 14.8. The van der Waals surface area contributed by atoms with Crippen LogP contribution in [0.15, 0.2) is 54.0 Å². The highest BCUT2D eigenvalue weighted by Gasteiger charge is 1.92. The third-order valence-electron chi connectivity index (χ3n) is 1.69. The lowest BCUT2D eigenvalue weighted by molar-refractivity contribution is -0.358. The molecular weight excluding hydrogens is 204 g/mol. The molecule has 0 amide bonds. The maximum absolute atomic E-state index is 11.1. The summed E-state index contributed by atoms with van der Waals surface area (Å²) in [6.07, 6.45) is 1.15. The van der Waals surface area contributed by atoms with E-state index in [1.54, 1.807) is 19.1 Å². The maximum Gasteiger partial charge on any atom is 0.376 e. The Balaban J connectivity index is 2.75. The summed E-state index contributed by atoms with van der Waals surface area (Å²) in [6, 6.07) is 9.05. The molecule has 1 atom stereocenters. The number of hydrogen-bond acceptors (Lipinski definition) is 3. The van der Waals surface area contributed by atoms with Crippen molar-refractivity contribution in [2.24, 2.45) is 5.11 Å². The molecule has 0 aromatic heterocycles. The van der Waals surface area contributed by atoms with Crippen LogP contribution in [0.2, 0.25) is 0 Å². The lowest BCUT2D eigenvalue weighted by Crippen LogP contribution is -2.14. The molecule has 4 nitrogen and oxygen atoms in total. The van der Waals surface area contributed by atoms with Crippen LogP contribution in [-0.4, -0.2) is 16.8 Å². The van der Waals surface area contributed by atoms with Gasteiger partial charge in [0.1, 0.15) is 15.6 Å². The molecule has 0 heterocycles. The van der Waals surface area contributed by atoms with Crippen LogP contribution < -0.4 is 5.11 Å². The summed E-state index contributed by atoms with van der Waals surface area (Å²) in [4.78, 5) is 3.50. The minimum atomic E-state index is -0.660. The van der Waals surface area contributed by atoms with Crippen LogP contribution >= 0.6 is 0 Å². The molecule has 1 aromatic rings. The molecule has 0 fully saturated rings. The zero-order valence-electron chi connectivity index (χ0n) is 8.96. The highest BCUT2D eigenvalue weighted by atomic mass is 16.6. The topological polar surface area (TPSA) is 58.8 Å². The first-order valence-corrected chi connectivity index (χ1v) is 4.77. The van der Waals surface area contributed by atoms with Crippen molar-refractivity contribution < 1.29 is 14.6 Å². The lowest BCUT2D eigenvalue weighted by Gasteiger charge is -2.14. The van der Waals surface area contributed by atoms with E-state index >= 15 is 0 Å². The van der Waals surface area contributed by atoms with Crippen molar-refractivity contribution in [2.75, 3.05) is 0 Å². The van der Waals surface area contributed by atoms with Gasteiger partial charge in [0, 0.05) is 6.10 Å². The van der Waals surface area contributed by atoms with Crippen LogP contribution in [0.4, 0.5) is 5.69 Å². The number of nitrogens with zero attached hydrogens (tertiary/aromatic N) is 2. The van der Waals surface area contributed by atoms with E-state index in [1.165, 1.54) is 6.08 Å². The zero-order valence-corrected chi connectivity index (χ0v) is 8.96. The Labute approximate surface area is 93.9 Å². The number of benzene rings is 1. The highest BCUT2D eigenvalue weighted by molar-refractivity contribution is 5.45. The smallest absolute Gasteiger partial charge is 0.376 e. The molecule has 0 N–H and O–H groups in total. The van der Waals surface area contributed by atoms with Crippen LogP contribution in [-0.2, 0) is 4.74 Å². The molecule has 0 aliphatic heterocycles. The quantitative estimate of drug-likeness (QED) is 0.251. The maximum atomic E-state index is 11.1. The Kier molecular flexibility index (Phi) is 4.61. The monoisotopic (exact) mass is 216 g/mol. The average molecular weight is 216 g/mol. The molecular formula is C12H12N2O2. The molecule has 0 saturated carbocycles. The van der Waals surface area contributed by atoms with E-state index in [0.29, 0.717) is 5.69 Å². The molecule has 82 valence electrons. The molecule has 0 bridgehead atoms. The van der Waals surface area contributed by atoms with Crippen LogP contribution in [0.3, 0.4) is 0 Å². The van der Waals surface area contributed by atoms with Gasteiger partial charge in [-0.3, -0.25) is 0 Å². The Bertz CT molecular complexity index is 441. The van der Waals surface area contributed by atoms with Crippen molar-refractivity contribution >= 4 is 11.6 Å². The van der Waals surface area contributed by atoms with E-state index in [4.69, 9.17) is 4.74 Å². The van der Waals surface area contributed by atoms with Crippen molar-refractivity contribution in [1.82, 2.24) is 0 Å². The van der Waals surface area contributed by atoms with Crippen LogP contribution in [0.1, 0.15) is 6.92 Å². The molecule has 4 heteroatoms. The molecule has 0 saturated heterocycles. The van der Waals surface area contributed by atoms with Gasteiger partial charge in [-0.05, 0) is 19.1 Å². The van der Waals surface area contributed by atoms with Gasteiger partial charge in [-0.1, -0.05) is 24.3 Å². The molecule has 0 aliphatic carbocycles. The van der Waals surface area contributed by atoms with Gasteiger partial charge in [0.15, 0.2) is 5.95 Å². The number of ether oxygens (including phenoxy) is 1. The normalized spacial score (nSPS) is 10.6. The third kappa shape index (κ3) is 4.29. The average Bonchev–Trinajstić information content (AvgIpc) is 2.30. The highest BCUT2D eigenvalue weighted by Crippen LogP contribution is 2.07. The summed E-state index contributed by atoms with van der Waals surface area (Å²) in [7, 11) is 0. The second-order valence-corrected chi connectivity index (χ2v) is 2.99. The summed E-state index contributed by atoms with van der Waals surface area (Å²) in [6.45, 7) is 5.18. The minimum absolute atomic E-state index is 0.355. The van der Waals surface area contributed by atoms with Gasteiger partial charge in [0.2, 0.25) is 0 Å². The second-order valence-electron chi connectivity index (χ2n) is 2.99. The Morgan fingerprint density at radius 1 is 1.56 bits per heavy atom. The second kappa shape index (κ2) is 6.25. The van der Waals surface area contributed by atoms with Gasteiger partial charge >= 0.3 is 5.87 Å². The van der Waals surface area contributed by atoms with Crippen LogP contribution in [0.5, 0.6) is 0 Å². The van der Waals surface area contributed by atoms with E-state index in [-0.39, 0.29) is 6.10 Å². The van der Waals surface area contributed by atoms with Crippen molar-refractivity contribution in [3.8, 4) is 0 Å². The van der Waals surface area contributed by atoms with Crippen LogP contribution in [0, 0.1) is 0 Å². The minimum Gasteiger partial charge on any atom is -0.596 e. The van der Waals surface area contributed by atoms with Gasteiger partial charge in [-0.2, -0.15) is 0 Å². The molecule has 1 rings (SSSR count). The molecule has 1 aromatic carbocycles. The lowest BCUT2D eigenvalue weighted by atomic mass is 10.3. The van der Waals surface area contributed by atoms with Crippen molar-refractivity contribution in [1.29, 1.82) is 0 Å². The summed E-state index contributed by atoms with van der Waals surface area (Å²) < 4.78 is 4.82. The Morgan fingerprint density at radius 3 is 2.88 bits per heavy atom. The Hall–Kier alpha value is -2.28. The van der Waals surface area contributed by atoms with Gasteiger partial charge < -0.3 is 9.84 Å². The first-order valence-electron chi connectivity index (χ1n) is 4.77. The molecule has 0 unspecified atom stereocenters. The SMILES string of the molecule is C=C[C@H](C)OC([O-])=C=[N+]=Nc1ccccc1. The molecule has 0 aliphatic rings. The van der Waals surface area contributed by atoms with Crippen LogP contribution in [0.25, 0.3) is 0 Å². The van der Waals surface area contributed by atoms with Gasteiger partial charge in [-0.15, -0.1) is 6.58 Å². The summed E-state index contributed by atoms with van der Waals surface area (Å²) in [5.74, 6) is 1.49. The molecule has 0 spiro atoms. The fourth-order valence-electron chi connectivity index (χ4n) is 0.862. The zero-order chi connectivity index (χ0) is 11.8. The van der Waals surface area contributed by atoms with Crippen molar-refractivity contribution in [2.45, 2.75) is 13.0 Å².